The van der Waals surface area contributed by atoms with E-state index in [-0.39, 0.29) is 0 Å². The van der Waals surface area contributed by atoms with Gasteiger partial charge in [-0.15, -0.1) is 0 Å². The molecule has 21 heavy (non-hydrogen) atoms. The van der Waals surface area contributed by atoms with Crippen molar-refractivity contribution in [2.24, 2.45) is 17.6 Å². The molecule has 1 saturated heterocycles. The maximum Gasteiger partial charge on any atom is 0.0459 e. The first-order valence-electron chi connectivity index (χ1n) is 8.26. The number of likely N-dealkylation sites (tertiary alicyclic amines) is 1. The van der Waals surface area contributed by atoms with E-state index in [0.29, 0.717) is 6.04 Å². The van der Waals surface area contributed by atoms with E-state index in [0.717, 1.165) is 18.4 Å². The minimum absolute atomic E-state index is 0.429. The second-order valence-corrected chi connectivity index (χ2v) is 6.99. The Morgan fingerprint density at radius 2 is 2.10 bits per heavy atom. The molecule has 2 fully saturated rings. The SMILES string of the molecule is Cc1[nH]c2ccccc2c1CN1CC2CCCC(N)C2C1. The zero-order valence-electron chi connectivity index (χ0n) is 12.8. The number of nitrogens with two attached hydrogens (primary N) is 1. The van der Waals surface area contributed by atoms with Crippen molar-refractivity contribution < 1.29 is 0 Å². The lowest BCUT2D eigenvalue weighted by molar-refractivity contribution is 0.259. The highest BCUT2D eigenvalue weighted by Crippen LogP contribution is 2.36. The standard InChI is InChI=1S/C18H25N3/c1-12-15(14-6-2-3-8-18(14)20-12)10-21-9-13-5-4-7-17(19)16(13)11-21/h2-3,6,8,13,16-17,20H,4-5,7,9-11,19H2,1H3. The molecule has 3 atom stereocenters. The number of aryl methyl sites for hydroxylation is 1. The lowest BCUT2D eigenvalue weighted by atomic mass is 9.78. The zero-order chi connectivity index (χ0) is 14.4. The number of nitrogens with zero attached hydrogens (tertiary/aromatic N) is 1. The van der Waals surface area contributed by atoms with Crippen LogP contribution in [0.2, 0.25) is 0 Å². The van der Waals surface area contributed by atoms with Crippen molar-refractivity contribution >= 4 is 10.9 Å². The van der Waals surface area contributed by atoms with Gasteiger partial charge in [-0.05, 0) is 43.2 Å². The van der Waals surface area contributed by atoms with Crippen LogP contribution < -0.4 is 5.73 Å². The summed E-state index contributed by atoms with van der Waals surface area (Å²) in [6, 6.07) is 9.08. The van der Waals surface area contributed by atoms with Gasteiger partial charge in [-0.1, -0.05) is 24.6 Å². The second-order valence-electron chi connectivity index (χ2n) is 6.99. The topological polar surface area (TPSA) is 45.0 Å². The molecular formula is C18H25N3. The van der Waals surface area contributed by atoms with Crippen LogP contribution in [0, 0.1) is 18.8 Å². The number of hydrogen-bond acceptors (Lipinski definition) is 2. The van der Waals surface area contributed by atoms with Crippen molar-refractivity contribution in [3.8, 4) is 0 Å². The average Bonchev–Trinajstić information content (AvgIpc) is 3.02. The van der Waals surface area contributed by atoms with Crippen LogP contribution >= 0.6 is 0 Å². The molecule has 1 aliphatic carbocycles. The summed E-state index contributed by atoms with van der Waals surface area (Å²) in [5, 5.41) is 1.38. The van der Waals surface area contributed by atoms with Crippen LogP contribution in [0.15, 0.2) is 24.3 Å². The summed E-state index contributed by atoms with van der Waals surface area (Å²) in [5.41, 5.74) is 10.4. The van der Waals surface area contributed by atoms with Crippen molar-refractivity contribution in [2.45, 2.75) is 38.8 Å². The molecule has 2 aliphatic rings. The van der Waals surface area contributed by atoms with Gasteiger partial charge in [0, 0.05) is 42.3 Å². The van der Waals surface area contributed by atoms with E-state index in [1.165, 1.54) is 54.5 Å². The third-order valence-electron chi connectivity index (χ3n) is 5.64. The molecule has 0 radical (unpaired) electrons. The van der Waals surface area contributed by atoms with Crippen LogP contribution in [0.1, 0.15) is 30.5 Å². The van der Waals surface area contributed by atoms with Gasteiger partial charge in [0.05, 0.1) is 0 Å². The van der Waals surface area contributed by atoms with Gasteiger partial charge in [-0.25, -0.2) is 0 Å². The van der Waals surface area contributed by atoms with Crippen LogP contribution in [0.4, 0.5) is 0 Å². The number of fused-ring (bicyclic) bond motifs is 2. The first-order chi connectivity index (χ1) is 10.2. The molecule has 3 unspecified atom stereocenters. The molecule has 0 bridgehead atoms. The van der Waals surface area contributed by atoms with Crippen molar-refractivity contribution in [2.75, 3.05) is 13.1 Å². The number of benzene rings is 1. The summed E-state index contributed by atoms with van der Waals surface area (Å²) in [5.74, 6) is 1.56. The van der Waals surface area contributed by atoms with E-state index in [1.54, 1.807) is 0 Å². The van der Waals surface area contributed by atoms with E-state index in [1.807, 2.05) is 0 Å². The van der Waals surface area contributed by atoms with Gasteiger partial charge in [0.25, 0.3) is 0 Å². The monoisotopic (exact) mass is 283 g/mol. The predicted molar refractivity (Wildman–Crippen MR) is 87.1 cm³/mol. The predicted octanol–water partition coefficient (Wildman–Crippen LogP) is 3.04. The Hall–Kier alpha value is -1.32. The Bertz CT molecular complexity index is 645. The van der Waals surface area contributed by atoms with Crippen molar-refractivity contribution in [3.05, 3.63) is 35.5 Å². The maximum absolute atomic E-state index is 6.34. The number of nitrogens with one attached hydrogen (secondary N) is 1. The van der Waals surface area contributed by atoms with Crippen molar-refractivity contribution in [1.29, 1.82) is 0 Å². The van der Waals surface area contributed by atoms with Gasteiger partial charge in [-0.3, -0.25) is 4.90 Å². The van der Waals surface area contributed by atoms with E-state index in [4.69, 9.17) is 5.73 Å². The van der Waals surface area contributed by atoms with Gasteiger partial charge in [0.2, 0.25) is 0 Å². The molecule has 1 saturated carbocycles. The van der Waals surface area contributed by atoms with Crippen LogP contribution in [0.3, 0.4) is 0 Å². The molecule has 2 aromatic rings. The molecular weight excluding hydrogens is 258 g/mol. The normalized spacial score (nSPS) is 29.9. The fourth-order valence-corrected chi connectivity index (χ4v) is 4.50. The third-order valence-corrected chi connectivity index (χ3v) is 5.64. The highest BCUT2D eigenvalue weighted by molar-refractivity contribution is 5.84. The van der Waals surface area contributed by atoms with Crippen LogP contribution in [-0.2, 0) is 6.54 Å². The lowest BCUT2D eigenvalue weighted by Crippen LogP contribution is -2.38. The van der Waals surface area contributed by atoms with Crippen LogP contribution in [0.5, 0.6) is 0 Å². The zero-order valence-corrected chi connectivity index (χ0v) is 12.8. The molecule has 112 valence electrons. The molecule has 0 amide bonds. The van der Waals surface area contributed by atoms with Crippen LogP contribution in [-0.4, -0.2) is 29.0 Å². The number of aromatic amines is 1. The summed E-state index contributed by atoms with van der Waals surface area (Å²) in [6.07, 6.45) is 3.92. The van der Waals surface area contributed by atoms with Gasteiger partial charge in [0.1, 0.15) is 0 Å². The van der Waals surface area contributed by atoms with Gasteiger partial charge in [0.15, 0.2) is 0 Å². The first-order valence-corrected chi connectivity index (χ1v) is 8.26. The minimum Gasteiger partial charge on any atom is -0.358 e. The Labute approximate surface area is 126 Å². The summed E-state index contributed by atoms with van der Waals surface area (Å²) < 4.78 is 0. The number of H-pyrrole nitrogens is 1. The number of hydrogen-bond donors (Lipinski definition) is 2. The fraction of sp³-hybridized carbons (Fsp3) is 0.556. The number of para-hydroxylation sites is 1. The Morgan fingerprint density at radius 3 is 2.95 bits per heavy atom. The summed E-state index contributed by atoms with van der Waals surface area (Å²) >= 11 is 0. The maximum atomic E-state index is 6.34. The first kappa shape index (κ1) is 13.4. The molecule has 1 aliphatic heterocycles. The van der Waals surface area contributed by atoms with Gasteiger partial charge >= 0.3 is 0 Å². The highest BCUT2D eigenvalue weighted by atomic mass is 15.2. The smallest absolute Gasteiger partial charge is 0.0459 e. The van der Waals surface area contributed by atoms with Gasteiger partial charge in [-0.2, -0.15) is 0 Å². The molecule has 1 aromatic carbocycles. The Morgan fingerprint density at radius 1 is 1.24 bits per heavy atom. The summed E-state index contributed by atoms with van der Waals surface area (Å²) in [6.45, 7) is 5.68. The van der Waals surface area contributed by atoms with E-state index >= 15 is 0 Å². The molecule has 1 aromatic heterocycles. The third kappa shape index (κ3) is 2.29. The van der Waals surface area contributed by atoms with Crippen molar-refractivity contribution in [3.63, 3.8) is 0 Å². The molecule has 3 nitrogen and oxygen atoms in total. The van der Waals surface area contributed by atoms with Crippen molar-refractivity contribution in [1.82, 2.24) is 9.88 Å². The van der Waals surface area contributed by atoms with E-state index in [2.05, 4.69) is 41.1 Å². The summed E-state index contributed by atoms with van der Waals surface area (Å²) in [4.78, 5) is 6.15. The Balaban J connectivity index is 1.57. The van der Waals surface area contributed by atoms with E-state index < -0.39 is 0 Å². The fourth-order valence-electron chi connectivity index (χ4n) is 4.50. The van der Waals surface area contributed by atoms with Crippen LogP contribution in [0.25, 0.3) is 10.9 Å². The number of aromatic nitrogens is 1. The van der Waals surface area contributed by atoms with Gasteiger partial charge < -0.3 is 10.7 Å². The molecule has 0 spiro atoms. The molecule has 2 heterocycles. The van der Waals surface area contributed by atoms with E-state index in [9.17, 15) is 0 Å². The lowest BCUT2D eigenvalue weighted by Gasteiger charge is -2.29. The number of rotatable bonds is 2. The second kappa shape index (κ2) is 5.15. The average molecular weight is 283 g/mol. The quantitative estimate of drug-likeness (QED) is 0.890. The highest BCUT2D eigenvalue weighted by Gasteiger charge is 2.38. The minimum atomic E-state index is 0.429. The molecule has 3 heteroatoms. The summed E-state index contributed by atoms with van der Waals surface area (Å²) in [7, 11) is 0. The Kier molecular flexibility index (Phi) is 3.27. The molecule has 4 rings (SSSR count). The molecule has 3 N–H and O–H groups in total. The largest absolute Gasteiger partial charge is 0.358 e.